The van der Waals surface area contributed by atoms with Gasteiger partial charge < -0.3 is 14.3 Å². The molecule has 0 heterocycles. The summed E-state index contributed by atoms with van der Waals surface area (Å²) in [6, 6.07) is 3.06. The SMILES string of the molecule is CCc1cc(OCC=C(Cl)Cl)cc(F)c1OCCCCON=C(C)C. The van der Waals surface area contributed by atoms with Crippen molar-refractivity contribution in [2.45, 2.75) is 40.0 Å². The van der Waals surface area contributed by atoms with Crippen LogP contribution in [0.15, 0.2) is 27.9 Å². The third kappa shape index (κ3) is 8.98. The van der Waals surface area contributed by atoms with E-state index in [4.69, 9.17) is 37.5 Å². The Morgan fingerprint density at radius 3 is 2.52 bits per heavy atom. The molecule has 0 amide bonds. The van der Waals surface area contributed by atoms with Crippen LogP contribution in [0.4, 0.5) is 4.39 Å². The number of ether oxygens (including phenoxy) is 2. The Morgan fingerprint density at radius 2 is 1.88 bits per heavy atom. The molecule has 140 valence electrons. The van der Waals surface area contributed by atoms with Crippen LogP contribution in [0, 0.1) is 5.82 Å². The van der Waals surface area contributed by atoms with E-state index in [1.807, 2.05) is 20.8 Å². The summed E-state index contributed by atoms with van der Waals surface area (Å²) in [5.41, 5.74) is 1.62. The van der Waals surface area contributed by atoms with E-state index in [1.54, 1.807) is 6.07 Å². The quantitative estimate of drug-likeness (QED) is 0.277. The van der Waals surface area contributed by atoms with Gasteiger partial charge in [-0.1, -0.05) is 35.3 Å². The highest BCUT2D eigenvalue weighted by Gasteiger charge is 2.12. The number of unbranched alkanes of at least 4 members (excludes halogenated alkanes) is 1. The number of rotatable bonds is 11. The van der Waals surface area contributed by atoms with Crippen molar-refractivity contribution in [2.75, 3.05) is 19.8 Å². The first-order valence-corrected chi connectivity index (χ1v) is 8.92. The standard InChI is InChI=1S/C18H24Cl2FNO3/c1-4-14-11-15(23-10-7-17(19)20)12-16(21)18(14)24-8-5-6-9-25-22-13(2)3/h7,11-12H,4-6,8-10H2,1-3H3. The van der Waals surface area contributed by atoms with Gasteiger partial charge >= 0.3 is 0 Å². The van der Waals surface area contributed by atoms with Gasteiger partial charge in [0.2, 0.25) is 0 Å². The fourth-order valence-electron chi connectivity index (χ4n) is 1.95. The van der Waals surface area contributed by atoms with E-state index in [-0.39, 0.29) is 16.8 Å². The Morgan fingerprint density at radius 1 is 1.16 bits per heavy atom. The van der Waals surface area contributed by atoms with Crippen LogP contribution in [-0.4, -0.2) is 25.5 Å². The van der Waals surface area contributed by atoms with Crippen LogP contribution in [0.2, 0.25) is 0 Å². The zero-order valence-corrected chi connectivity index (χ0v) is 16.3. The summed E-state index contributed by atoms with van der Waals surface area (Å²) < 4.78 is 25.4. The topological polar surface area (TPSA) is 40.0 Å². The average Bonchev–Trinajstić information content (AvgIpc) is 2.54. The van der Waals surface area contributed by atoms with Crippen molar-refractivity contribution in [1.29, 1.82) is 0 Å². The second kappa shape index (κ2) is 12.0. The second-order valence-corrected chi connectivity index (χ2v) is 6.49. The summed E-state index contributed by atoms with van der Waals surface area (Å²) in [7, 11) is 0. The highest BCUT2D eigenvalue weighted by atomic mass is 35.5. The number of nitrogens with zero attached hydrogens (tertiary/aromatic N) is 1. The van der Waals surface area contributed by atoms with Gasteiger partial charge in [-0.25, -0.2) is 4.39 Å². The third-order valence-electron chi connectivity index (χ3n) is 3.09. The van der Waals surface area contributed by atoms with Crippen molar-refractivity contribution < 1.29 is 18.7 Å². The normalized spacial score (nSPS) is 10.2. The zero-order chi connectivity index (χ0) is 18.7. The lowest BCUT2D eigenvalue weighted by atomic mass is 10.1. The molecule has 0 aliphatic carbocycles. The zero-order valence-electron chi connectivity index (χ0n) is 14.8. The molecular weight excluding hydrogens is 368 g/mol. The van der Waals surface area contributed by atoms with E-state index >= 15 is 0 Å². The van der Waals surface area contributed by atoms with E-state index in [2.05, 4.69) is 5.16 Å². The Labute approximate surface area is 158 Å². The number of oxime groups is 1. The predicted molar refractivity (Wildman–Crippen MR) is 101 cm³/mol. The Hall–Kier alpha value is -1.46. The maximum Gasteiger partial charge on any atom is 0.169 e. The van der Waals surface area contributed by atoms with Crippen LogP contribution < -0.4 is 9.47 Å². The van der Waals surface area contributed by atoms with Gasteiger partial charge in [-0.3, -0.25) is 0 Å². The van der Waals surface area contributed by atoms with Crippen molar-refractivity contribution in [3.05, 3.63) is 34.1 Å². The molecule has 0 aromatic heterocycles. The lowest BCUT2D eigenvalue weighted by Crippen LogP contribution is -2.05. The maximum atomic E-state index is 14.3. The summed E-state index contributed by atoms with van der Waals surface area (Å²) >= 11 is 11.0. The fourth-order valence-corrected chi connectivity index (χ4v) is 2.07. The Balaban J connectivity index is 2.53. The first-order chi connectivity index (χ1) is 11.9. The van der Waals surface area contributed by atoms with Crippen LogP contribution in [0.3, 0.4) is 0 Å². The number of hydrogen-bond donors (Lipinski definition) is 0. The molecule has 0 unspecified atom stereocenters. The smallest absolute Gasteiger partial charge is 0.169 e. The molecular formula is C18H24Cl2FNO3. The van der Waals surface area contributed by atoms with Gasteiger partial charge in [0, 0.05) is 11.6 Å². The molecule has 0 aliphatic rings. The molecule has 0 aliphatic heterocycles. The van der Waals surface area contributed by atoms with Gasteiger partial charge in [0.05, 0.1) is 12.3 Å². The van der Waals surface area contributed by atoms with Gasteiger partial charge in [0.25, 0.3) is 0 Å². The minimum absolute atomic E-state index is 0.111. The van der Waals surface area contributed by atoms with Crippen LogP contribution in [0.25, 0.3) is 0 Å². The highest BCUT2D eigenvalue weighted by molar-refractivity contribution is 6.55. The first kappa shape index (κ1) is 21.6. The molecule has 1 rings (SSSR count). The first-order valence-electron chi connectivity index (χ1n) is 8.16. The van der Waals surface area contributed by atoms with Gasteiger partial charge in [-0.15, -0.1) is 0 Å². The third-order valence-corrected chi connectivity index (χ3v) is 3.39. The lowest BCUT2D eigenvalue weighted by Gasteiger charge is -2.13. The van der Waals surface area contributed by atoms with Crippen molar-refractivity contribution in [3.63, 3.8) is 0 Å². The van der Waals surface area contributed by atoms with Crippen LogP contribution in [0.1, 0.15) is 39.2 Å². The maximum absolute atomic E-state index is 14.3. The Kier molecular flexibility index (Phi) is 10.3. The van der Waals surface area contributed by atoms with E-state index in [0.717, 1.165) is 24.1 Å². The van der Waals surface area contributed by atoms with Gasteiger partial charge in [0.15, 0.2) is 11.6 Å². The molecule has 0 spiro atoms. The van der Waals surface area contributed by atoms with Crippen molar-refractivity contribution in [3.8, 4) is 11.5 Å². The van der Waals surface area contributed by atoms with Gasteiger partial charge in [-0.05, 0) is 45.3 Å². The molecule has 0 saturated heterocycles. The van der Waals surface area contributed by atoms with Gasteiger partial charge in [-0.2, -0.15) is 0 Å². The monoisotopic (exact) mass is 391 g/mol. The molecule has 0 N–H and O–H groups in total. The van der Waals surface area contributed by atoms with E-state index in [0.29, 0.717) is 25.4 Å². The average molecular weight is 392 g/mol. The summed E-state index contributed by atoms with van der Waals surface area (Å²) in [6.45, 7) is 6.76. The fraction of sp³-hybridized carbons (Fsp3) is 0.500. The minimum atomic E-state index is -0.447. The molecule has 0 fully saturated rings. The number of benzene rings is 1. The summed E-state index contributed by atoms with van der Waals surface area (Å²) in [5.74, 6) is 0.232. The molecule has 0 radical (unpaired) electrons. The van der Waals surface area contributed by atoms with Crippen molar-refractivity contribution in [1.82, 2.24) is 0 Å². The molecule has 0 saturated carbocycles. The minimum Gasteiger partial charge on any atom is -0.490 e. The molecule has 0 atom stereocenters. The van der Waals surface area contributed by atoms with Crippen molar-refractivity contribution in [2.24, 2.45) is 5.16 Å². The van der Waals surface area contributed by atoms with Crippen LogP contribution in [0.5, 0.6) is 11.5 Å². The number of aryl methyl sites for hydroxylation is 1. The lowest BCUT2D eigenvalue weighted by molar-refractivity contribution is 0.135. The van der Waals surface area contributed by atoms with E-state index < -0.39 is 5.82 Å². The van der Waals surface area contributed by atoms with E-state index in [9.17, 15) is 4.39 Å². The number of hydrogen-bond acceptors (Lipinski definition) is 4. The molecule has 4 nitrogen and oxygen atoms in total. The van der Waals surface area contributed by atoms with E-state index in [1.165, 1.54) is 12.1 Å². The molecule has 7 heteroatoms. The van der Waals surface area contributed by atoms with Gasteiger partial charge in [0.1, 0.15) is 23.5 Å². The summed E-state index contributed by atoms with van der Waals surface area (Å²) in [4.78, 5) is 5.10. The Bertz CT molecular complexity index is 598. The van der Waals surface area contributed by atoms with Crippen molar-refractivity contribution >= 4 is 28.9 Å². The molecule has 0 bridgehead atoms. The molecule has 1 aromatic rings. The second-order valence-electron chi connectivity index (χ2n) is 5.48. The summed E-state index contributed by atoms with van der Waals surface area (Å²) in [6.07, 6.45) is 3.65. The highest BCUT2D eigenvalue weighted by Crippen LogP contribution is 2.29. The molecule has 25 heavy (non-hydrogen) atoms. The largest absolute Gasteiger partial charge is 0.490 e. The number of halogens is 3. The summed E-state index contributed by atoms with van der Waals surface area (Å²) in [5, 5.41) is 3.85. The van der Waals surface area contributed by atoms with Crippen LogP contribution >= 0.6 is 23.2 Å². The molecule has 1 aromatic carbocycles. The predicted octanol–water partition coefficient (Wildman–Crippen LogP) is 5.66. The van der Waals surface area contributed by atoms with Crippen LogP contribution in [-0.2, 0) is 11.3 Å².